The van der Waals surface area contributed by atoms with Crippen LogP contribution in [0.1, 0.15) is 27.0 Å². The van der Waals surface area contributed by atoms with Crippen LogP contribution in [0.3, 0.4) is 0 Å². The summed E-state index contributed by atoms with van der Waals surface area (Å²) in [6.07, 6.45) is 0. The number of carbonyl (C=O) groups is 1. The molecular weight excluding hydrogens is 252 g/mol. The van der Waals surface area contributed by atoms with Crippen molar-refractivity contribution in [2.24, 2.45) is 10.9 Å². The molecule has 2 N–H and O–H groups in total. The second-order valence-corrected chi connectivity index (χ2v) is 4.54. The summed E-state index contributed by atoms with van der Waals surface area (Å²) in [7, 11) is 0. The van der Waals surface area contributed by atoms with Gasteiger partial charge in [-0.05, 0) is 25.5 Å². The highest BCUT2D eigenvalue weighted by Crippen LogP contribution is 2.12. The van der Waals surface area contributed by atoms with Crippen LogP contribution in [0, 0.1) is 13.8 Å². The van der Waals surface area contributed by atoms with Crippen molar-refractivity contribution < 1.29 is 9.63 Å². The Kier molecular flexibility index (Phi) is 4.15. The summed E-state index contributed by atoms with van der Waals surface area (Å²) in [6.45, 7) is 3.82. The van der Waals surface area contributed by atoms with Crippen LogP contribution < -0.4 is 5.73 Å². The number of nitrogens with two attached hydrogens (primary N) is 1. The number of nitrogens with zero attached hydrogens (tertiary/aromatic N) is 1. The highest BCUT2D eigenvalue weighted by molar-refractivity contribution is 5.98. The standard InChI is InChI=1S/C16H16N2O2/c1-11-8-9-14(12(2)10-11)16(19)20-18-15(17)13-6-4-3-5-7-13/h3-10H,1-2H3,(H2,17,18). The first kappa shape index (κ1) is 13.8. The normalized spacial score (nSPS) is 11.2. The van der Waals surface area contributed by atoms with E-state index in [2.05, 4.69) is 5.16 Å². The van der Waals surface area contributed by atoms with Crippen LogP contribution in [-0.2, 0) is 4.84 Å². The van der Waals surface area contributed by atoms with Gasteiger partial charge in [-0.3, -0.25) is 0 Å². The second-order valence-electron chi connectivity index (χ2n) is 4.54. The van der Waals surface area contributed by atoms with Gasteiger partial charge >= 0.3 is 5.97 Å². The largest absolute Gasteiger partial charge is 0.380 e. The Morgan fingerprint density at radius 1 is 1.10 bits per heavy atom. The Labute approximate surface area is 117 Å². The SMILES string of the molecule is Cc1ccc(C(=O)ON=C(N)c2ccccc2)c(C)c1. The molecule has 0 atom stereocenters. The molecule has 0 amide bonds. The molecule has 2 rings (SSSR count). The molecule has 20 heavy (non-hydrogen) atoms. The zero-order valence-corrected chi connectivity index (χ0v) is 11.5. The van der Waals surface area contributed by atoms with Crippen LogP contribution in [-0.4, -0.2) is 11.8 Å². The van der Waals surface area contributed by atoms with Crippen molar-refractivity contribution in [3.05, 3.63) is 70.8 Å². The van der Waals surface area contributed by atoms with E-state index < -0.39 is 5.97 Å². The van der Waals surface area contributed by atoms with Gasteiger partial charge in [-0.1, -0.05) is 53.2 Å². The number of hydrogen-bond acceptors (Lipinski definition) is 3. The lowest BCUT2D eigenvalue weighted by Crippen LogP contribution is -2.15. The molecule has 0 fully saturated rings. The quantitative estimate of drug-likeness (QED) is 0.403. The Bertz CT molecular complexity index is 649. The molecule has 0 aliphatic carbocycles. The molecule has 0 aliphatic rings. The lowest BCUT2D eigenvalue weighted by atomic mass is 10.1. The van der Waals surface area contributed by atoms with E-state index in [0.717, 1.165) is 11.1 Å². The molecule has 0 unspecified atom stereocenters. The van der Waals surface area contributed by atoms with E-state index >= 15 is 0 Å². The molecule has 0 heterocycles. The molecule has 0 radical (unpaired) electrons. The highest BCUT2D eigenvalue weighted by Gasteiger charge is 2.11. The van der Waals surface area contributed by atoms with Crippen LogP contribution in [0.2, 0.25) is 0 Å². The minimum Gasteiger partial charge on any atom is -0.380 e. The van der Waals surface area contributed by atoms with Gasteiger partial charge in [0.15, 0.2) is 5.84 Å². The summed E-state index contributed by atoms with van der Waals surface area (Å²) in [4.78, 5) is 16.8. The number of benzene rings is 2. The first-order chi connectivity index (χ1) is 9.58. The number of aryl methyl sites for hydroxylation is 2. The van der Waals surface area contributed by atoms with Gasteiger partial charge in [-0.15, -0.1) is 0 Å². The minimum atomic E-state index is -0.513. The van der Waals surface area contributed by atoms with E-state index in [1.807, 2.05) is 44.2 Å². The summed E-state index contributed by atoms with van der Waals surface area (Å²) >= 11 is 0. The second kappa shape index (κ2) is 6.02. The molecule has 0 aliphatic heterocycles. The van der Waals surface area contributed by atoms with Crippen molar-refractivity contribution in [3.8, 4) is 0 Å². The average molecular weight is 268 g/mol. The molecule has 102 valence electrons. The third kappa shape index (κ3) is 3.23. The maximum atomic E-state index is 11.9. The molecule has 0 bridgehead atoms. The van der Waals surface area contributed by atoms with Crippen molar-refractivity contribution in [2.75, 3.05) is 0 Å². The Balaban J connectivity index is 2.12. The van der Waals surface area contributed by atoms with Gasteiger partial charge in [0.2, 0.25) is 0 Å². The van der Waals surface area contributed by atoms with E-state index in [1.54, 1.807) is 18.2 Å². The van der Waals surface area contributed by atoms with E-state index in [0.29, 0.717) is 11.1 Å². The Hall–Kier alpha value is -2.62. The van der Waals surface area contributed by atoms with Crippen LogP contribution in [0.5, 0.6) is 0 Å². The average Bonchev–Trinajstić information content (AvgIpc) is 2.45. The summed E-state index contributed by atoms with van der Waals surface area (Å²) in [5.74, 6) is -0.343. The molecule has 0 spiro atoms. The lowest BCUT2D eigenvalue weighted by Gasteiger charge is -2.04. The zero-order valence-electron chi connectivity index (χ0n) is 11.5. The first-order valence-electron chi connectivity index (χ1n) is 6.25. The molecule has 4 heteroatoms. The van der Waals surface area contributed by atoms with Crippen molar-refractivity contribution in [1.82, 2.24) is 0 Å². The molecule has 2 aromatic carbocycles. The van der Waals surface area contributed by atoms with Crippen LogP contribution >= 0.6 is 0 Å². The van der Waals surface area contributed by atoms with Gasteiger partial charge in [0.1, 0.15) is 0 Å². The van der Waals surface area contributed by atoms with Crippen LogP contribution in [0.15, 0.2) is 53.7 Å². The number of carbonyl (C=O) groups excluding carboxylic acids is 1. The third-order valence-corrected chi connectivity index (χ3v) is 2.90. The van der Waals surface area contributed by atoms with Crippen LogP contribution in [0.4, 0.5) is 0 Å². The van der Waals surface area contributed by atoms with E-state index in [9.17, 15) is 4.79 Å². The van der Waals surface area contributed by atoms with E-state index in [-0.39, 0.29) is 5.84 Å². The molecular formula is C16H16N2O2. The van der Waals surface area contributed by atoms with Gasteiger partial charge in [0.25, 0.3) is 0 Å². The molecule has 2 aromatic rings. The van der Waals surface area contributed by atoms with Gasteiger partial charge in [0.05, 0.1) is 5.56 Å². The third-order valence-electron chi connectivity index (χ3n) is 2.90. The molecule has 0 saturated heterocycles. The van der Waals surface area contributed by atoms with E-state index in [1.165, 1.54) is 0 Å². The van der Waals surface area contributed by atoms with Crippen molar-refractivity contribution in [2.45, 2.75) is 13.8 Å². The van der Waals surface area contributed by atoms with Gasteiger partial charge in [-0.25, -0.2) is 4.79 Å². The fourth-order valence-corrected chi connectivity index (χ4v) is 1.84. The maximum absolute atomic E-state index is 11.9. The number of hydrogen-bond donors (Lipinski definition) is 1. The fraction of sp³-hybridized carbons (Fsp3) is 0.125. The Morgan fingerprint density at radius 3 is 2.45 bits per heavy atom. The monoisotopic (exact) mass is 268 g/mol. The van der Waals surface area contributed by atoms with E-state index in [4.69, 9.17) is 10.6 Å². The fourth-order valence-electron chi connectivity index (χ4n) is 1.84. The first-order valence-corrected chi connectivity index (χ1v) is 6.25. The lowest BCUT2D eigenvalue weighted by molar-refractivity contribution is 0.0515. The van der Waals surface area contributed by atoms with Gasteiger partial charge in [-0.2, -0.15) is 0 Å². The summed E-state index contributed by atoms with van der Waals surface area (Å²) in [6, 6.07) is 14.6. The minimum absolute atomic E-state index is 0.170. The number of amidine groups is 1. The summed E-state index contributed by atoms with van der Waals surface area (Å²) < 4.78 is 0. The predicted molar refractivity (Wildman–Crippen MR) is 78.5 cm³/mol. The van der Waals surface area contributed by atoms with Crippen molar-refractivity contribution in [3.63, 3.8) is 0 Å². The highest BCUT2D eigenvalue weighted by atomic mass is 16.7. The Morgan fingerprint density at radius 2 is 1.80 bits per heavy atom. The van der Waals surface area contributed by atoms with Crippen molar-refractivity contribution in [1.29, 1.82) is 0 Å². The summed E-state index contributed by atoms with van der Waals surface area (Å²) in [5.41, 5.74) is 8.89. The number of oxime groups is 1. The van der Waals surface area contributed by atoms with Crippen molar-refractivity contribution >= 4 is 11.8 Å². The summed E-state index contributed by atoms with van der Waals surface area (Å²) in [5, 5.41) is 3.68. The van der Waals surface area contributed by atoms with Gasteiger partial charge in [0, 0.05) is 5.56 Å². The molecule has 0 aromatic heterocycles. The zero-order chi connectivity index (χ0) is 14.5. The molecule has 0 saturated carbocycles. The predicted octanol–water partition coefficient (Wildman–Crippen LogP) is 2.78. The smallest absolute Gasteiger partial charge is 0.366 e. The van der Waals surface area contributed by atoms with Crippen LogP contribution in [0.25, 0.3) is 0 Å². The molecule has 4 nitrogen and oxygen atoms in total. The number of rotatable bonds is 3. The topological polar surface area (TPSA) is 64.7 Å². The van der Waals surface area contributed by atoms with Gasteiger partial charge < -0.3 is 10.6 Å². The maximum Gasteiger partial charge on any atom is 0.366 e.